The van der Waals surface area contributed by atoms with Crippen LogP contribution in [0.3, 0.4) is 0 Å². The number of likely N-dealkylation sites (tertiary alicyclic amines) is 1. The Morgan fingerprint density at radius 3 is 2.51 bits per heavy atom. The van der Waals surface area contributed by atoms with E-state index < -0.39 is 24.3 Å². The Labute approximate surface area is 219 Å². The topological polar surface area (TPSA) is 62.1 Å². The first kappa shape index (κ1) is 24.5. The summed E-state index contributed by atoms with van der Waals surface area (Å²) in [4.78, 5) is 18.3. The third-order valence-corrected chi connectivity index (χ3v) is 7.46. The van der Waals surface area contributed by atoms with Gasteiger partial charge in [-0.1, -0.05) is 55.6 Å². The summed E-state index contributed by atoms with van der Waals surface area (Å²) >= 11 is 0. The molecule has 1 saturated heterocycles. The lowest BCUT2D eigenvalue weighted by molar-refractivity contribution is -0.147. The largest absolute Gasteiger partial charge is 0.481 e. The lowest BCUT2D eigenvalue weighted by Gasteiger charge is -2.37. The maximum absolute atomic E-state index is 14.0. The van der Waals surface area contributed by atoms with Gasteiger partial charge in [0.05, 0.1) is 19.9 Å². The summed E-state index contributed by atoms with van der Waals surface area (Å²) in [6.45, 7) is 2.78. The molecule has 1 aliphatic heterocycles. The van der Waals surface area contributed by atoms with Crippen molar-refractivity contribution in [3.8, 4) is 0 Å². The van der Waals surface area contributed by atoms with Crippen molar-refractivity contribution in [3.63, 3.8) is 0 Å². The van der Waals surface area contributed by atoms with Crippen LogP contribution in [-0.4, -0.2) is 34.8 Å². The molecule has 1 N–H and O–H groups in total. The molecular weight excluding hydrogens is 481 g/mol. The number of hydrogen-bond acceptors (Lipinski definition) is 4. The fourth-order valence-electron chi connectivity index (χ4n) is 5.26. The molecule has 0 spiro atoms. The van der Waals surface area contributed by atoms with Gasteiger partial charge in [-0.2, -0.15) is 13.2 Å². The van der Waals surface area contributed by atoms with E-state index in [4.69, 9.17) is 12.7 Å². The lowest BCUT2D eigenvalue weighted by Crippen LogP contribution is -2.49. The van der Waals surface area contributed by atoms with Crippen molar-refractivity contribution in [3.05, 3.63) is 69.8 Å². The number of aliphatic carboxylic acids is 1. The van der Waals surface area contributed by atoms with Crippen LogP contribution in [0, 0.1) is 5.92 Å². The van der Waals surface area contributed by atoms with Crippen molar-refractivity contribution in [2.75, 3.05) is 13.1 Å². The predicted molar refractivity (Wildman–Crippen MR) is 136 cm³/mol. The average molecular weight is 519 g/mol. The standard InChI is InChI=1S/C29H35F3N2O3/c1-3-21-14-23(10-11-24(21)15-34-16-25(17-34)28(35)36)19(2)33-37-18-20-9-12-26(22-7-5-4-6-8-22)27(13-20)29(30,31)32/h9-14,22,25H,3-8,15-18H2,1-2H3,(H,35,36)/b33-19-/i18D2. The van der Waals surface area contributed by atoms with Gasteiger partial charge in [-0.15, -0.1) is 0 Å². The van der Waals surface area contributed by atoms with Crippen LogP contribution in [0.4, 0.5) is 13.2 Å². The molecule has 0 aromatic heterocycles. The van der Waals surface area contributed by atoms with Crippen LogP contribution in [0.1, 0.15) is 88.0 Å². The van der Waals surface area contributed by atoms with Crippen LogP contribution in [0.15, 0.2) is 41.6 Å². The smallest absolute Gasteiger partial charge is 0.416 e. The third kappa shape index (κ3) is 6.72. The van der Waals surface area contributed by atoms with Crippen LogP contribution in [0.2, 0.25) is 0 Å². The molecule has 1 aliphatic carbocycles. The molecule has 0 atom stereocenters. The molecule has 1 saturated carbocycles. The fourth-order valence-corrected chi connectivity index (χ4v) is 5.26. The Balaban J connectivity index is 1.49. The zero-order valence-corrected chi connectivity index (χ0v) is 21.3. The van der Waals surface area contributed by atoms with Gasteiger partial charge in [-0.25, -0.2) is 0 Å². The summed E-state index contributed by atoms with van der Waals surface area (Å²) in [6.07, 6.45) is 0.363. The monoisotopic (exact) mass is 518 g/mol. The number of carboxylic acid groups (broad SMARTS) is 1. The molecule has 2 aromatic carbocycles. The average Bonchev–Trinajstić information content (AvgIpc) is 2.88. The SMILES string of the molecule is [2H]C([2H])(O/N=C(/C)c1ccc(CN2CC(C(=O)O)C2)c(CC)c1)c1ccc(C2CCCCC2)c(C(F)(F)F)c1. The lowest BCUT2D eigenvalue weighted by atomic mass is 9.81. The maximum Gasteiger partial charge on any atom is 0.416 e. The Bertz CT molecular complexity index is 1220. The number of nitrogens with zero attached hydrogens (tertiary/aromatic N) is 2. The Kier molecular flexibility index (Phi) is 7.72. The highest BCUT2D eigenvalue weighted by atomic mass is 19.4. The van der Waals surface area contributed by atoms with Crippen molar-refractivity contribution < 1.29 is 30.7 Å². The normalized spacial score (nSPS) is 19.2. The summed E-state index contributed by atoms with van der Waals surface area (Å²) < 4.78 is 58.5. The van der Waals surface area contributed by atoms with Gasteiger partial charge in [0, 0.05) is 19.6 Å². The van der Waals surface area contributed by atoms with Crippen LogP contribution < -0.4 is 0 Å². The fraction of sp³-hybridized carbons (Fsp3) is 0.517. The van der Waals surface area contributed by atoms with Crippen LogP contribution in [-0.2, 0) is 35.3 Å². The van der Waals surface area contributed by atoms with Gasteiger partial charge in [0.2, 0.25) is 0 Å². The second kappa shape index (κ2) is 11.7. The number of hydrogen-bond donors (Lipinski definition) is 1. The number of rotatable bonds is 9. The number of benzene rings is 2. The molecule has 2 fully saturated rings. The van der Waals surface area contributed by atoms with Gasteiger partial charge >= 0.3 is 12.1 Å². The van der Waals surface area contributed by atoms with E-state index in [1.54, 1.807) is 6.92 Å². The molecule has 0 amide bonds. The molecule has 4 rings (SSSR count). The van der Waals surface area contributed by atoms with Gasteiger partial charge < -0.3 is 9.94 Å². The number of alkyl halides is 3. The number of carbonyl (C=O) groups is 1. The quantitative estimate of drug-likeness (QED) is 0.294. The van der Waals surface area contributed by atoms with E-state index in [9.17, 15) is 18.0 Å². The highest BCUT2D eigenvalue weighted by molar-refractivity contribution is 5.98. The highest BCUT2D eigenvalue weighted by Crippen LogP contribution is 2.41. The van der Waals surface area contributed by atoms with Crippen molar-refractivity contribution >= 4 is 11.7 Å². The molecule has 2 aliphatic rings. The van der Waals surface area contributed by atoms with E-state index in [2.05, 4.69) is 10.1 Å². The van der Waals surface area contributed by atoms with Gasteiger partial charge in [0.25, 0.3) is 0 Å². The highest BCUT2D eigenvalue weighted by Gasteiger charge is 2.36. The maximum atomic E-state index is 14.0. The van der Waals surface area contributed by atoms with Crippen LogP contribution >= 0.6 is 0 Å². The second-order valence-corrected chi connectivity index (χ2v) is 10.1. The van der Waals surface area contributed by atoms with Crippen molar-refractivity contribution in [2.24, 2.45) is 11.1 Å². The Hall–Kier alpha value is -2.87. The summed E-state index contributed by atoms with van der Waals surface area (Å²) in [5, 5.41) is 13.0. The van der Waals surface area contributed by atoms with E-state index in [-0.39, 0.29) is 23.0 Å². The summed E-state index contributed by atoms with van der Waals surface area (Å²) in [5.74, 6) is -1.28. The molecule has 2 aromatic rings. The molecule has 0 unspecified atom stereocenters. The molecule has 1 heterocycles. The van der Waals surface area contributed by atoms with Gasteiger partial charge in [-0.05, 0) is 72.1 Å². The number of oxime groups is 1. The Morgan fingerprint density at radius 2 is 1.86 bits per heavy atom. The molecule has 37 heavy (non-hydrogen) atoms. The predicted octanol–water partition coefficient (Wildman–Crippen LogP) is 6.77. The van der Waals surface area contributed by atoms with Crippen LogP contribution in [0.25, 0.3) is 0 Å². The number of aryl methyl sites for hydroxylation is 1. The third-order valence-electron chi connectivity index (χ3n) is 7.46. The van der Waals surface area contributed by atoms with E-state index in [1.807, 2.05) is 25.1 Å². The minimum atomic E-state index is -4.60. The number of halogens is 3. The summed E-state index contributed by atoms with van der Waals surface area (Å²) in [5.41, 5.74) is 2.42. The van der Waals surface area contributed by atoms with Crippen molar-refractivity contribution in [1.29, 1.82) is 0 Å². The molecule has 0 radical (unpaired) electrons. The molecular formula is C29H35F3N2O3. The van der Waals surface area contributed by atoms with Crippen LogP contribution in [0.5, 0.6) is 0 Å². The zero-order chi connectivity index (χ0) is 28.4. The molecule has 200 valence electrons. The van der Waals surface area contributed by atoms with Crippen molar-refractivity contribution in [1.82, 2.24) is 4.90 Å². The Morgan fingerprint density at radius 1 is 1.14 bits per heavy atom. The first-order valence-electron chi connectivity index (χ1n) is 13.9. The van der Waals surface area contributed by atoms with Gasteiger partial charge in [-0.3, -0.25) is 9.69 Å². The van der Waals surface area contributed by atoms with Gasteiger partial charge in [0.15, 0.2) is 0 Å². The molecule has 0 bridgehead atoms. The van der Waals surface area contributed by atoms with Crippen molar-refractivity contribution in [2.45, 2.75) is 77.6 Å². The zero-order valence-electron chi connectivity index (χ0n) is 23.3. The van der Waals surface area contributed by atoms with E-state index in [1.165, 1.54) is 12.1 Å². The minimum absolute atomic E-state index is 0.174. The van der Waals surface area contributed by atoms with Gasteiger partial charge in [0.1, 0.15) is 6.56 Å². The van der Waals surface area contributed by atoms with E-state index >= 15 is 0 Å². The summed E-state index contributed by atoms with van der Waals surface area (Å²) in [7, 11) is 0. The number of carboxylic acids is 1. The molecule has 8 heteroatoms. The second-order valence-electron chi connectivity index (χ2n) is 10.1. The summed E-state index contributed by atoms with van der Waals surface area (Å²) in [6, 6.07) is 9.34. The van der Waals surface area contributed by atoms with E-state index in [0.717, 1.165) is 42.9 Å². The first-order valence-corrected chi connectivity index (χ1v) is 12.9. The minimum Gasteiger partial charge on any atom is -0.481 e. The molecule has 5 nitrogen and oxygen atoms in total. The van der Waals surface area contributed by atoms with E-state index in [0.29, 0.717) is 43.8 Å². The first-order chi connectivity index (χ1) is 18.4.